The number of hydrogen-bond acceptors (Lipinski definition) is 4. The zero-order valence-corrected chi connectivity index (χ0v) is 12.5. The second kappa shape index (κ2) is 5.97. The van der Waals surface area contributed by atoms with Gasteiger partial charge in [0, 0.05) is 6.54 Å². The average Bonchev–Trinajstić information content (AvgIpc) is 2.82. The summed E-state index contributed by atoms with van der Waals surface area (Å²) in [7, 11) is -3.69. The molecule has 0 saturated heterocycles. The maximum atomic E-state index is 12.2. The molecule has 0 aliphatic carbocycles. The highest BCUT2D eigenvalue weighted by Gasteiger charge is 2.18. The van der Waals surface area contributed by atoms with Crippen LogP contribution in [0.2, 0.25) is 5.02 Å². The van der Waals surface area contributed by atoms with Crippen molar-refractivity contribution in [1.82, 2.24) is 4.72 Å². The molecule has 0 aliphatic heterocycles. The molecule has 2 aromatic rings. The molecule has 0 amide bonds. The van der Waals surface area contributed by atoms with Crippen LogP contribution >= 0.6 is 11.6 Å². The Bertz CT molecular complexity index is 710. The molecule has 0 saturated carbocycles. The van der Waals surface area contributed by atoms with Crippen LogP contribution in [0.15, 0.2) is 39.6 Å². The van der Waals surface area contributed by atoms with Gasteiger partial charge in [0.1, 0.15) is 16.4 Å². The van der Waals surface area contributed by atoms with Gasteiger partial charge in [-0.05, 0) is 36.8 Å². The summed E-state index contributed by atoms with van der Waals surface area (Å²) in [6.45, 7) is 2.17. The number of halogens is 1. The molecule has 20 heavy (non-hydrogen) atoms. The van der Waals surface area contributed by atoms with Crippen molar-refractivity contribution in [3.8, 4) is 0 Å². The van der Waals surface area contributed by atoms with Gasteiger partial charge in [-0.25, -0.2) is 13.1 Å². The molecule has 0 radical (unpaired) electrons. The van der Waals surface area contributed by atoms with E-state index in [1.54, 1.807) is 31.2 Å². The molecule has 108 valence electrons. The van der Waals surface area contributed by atoms with E-state index in [0.29, 0.717) is 12.3 Å². The average molecular weight is 315 g/mol. The van der Waals surface area contributed by atoms with E-state index in [0.717, 1.165) is 11.3 Å². The minimum atomic E-state index is -3.69. The maximum Gasteiger partial charge on any atom is 0.242 e. The van der Waals surface area contributed by atoms with E-state index in [1.807, 2.05) is 0 Å². The first-order chi connectivity index (χ1) is 9.42. The Kier molecular flexibility index (Phi) is 4.49. The minimum absolute atomic E-state index is 0.0274. The lowest BCUT2D eigenvalue weighted by Crippen LogP contribution is -2.23. The summed E-state index contributed by atoms with van der Waals surface area (Å²) in [5.41, 5.74) is 6.25. The Hall–Kier alpha value is -1.34. The van der Waals surface area contributed by atoms with Crippen LogP contribution in [0.25, 0.3) is 0 Å². The minimum Gasteiger partial charge on any atom is -0.465 e. The Balaban J connectivity index is 2.18. The quantitative estimate of drug-likeness (QED) is 0.885. The van der Waals surface area contributed by atoms with Crippen molar-refractivity contribution in [2.24, 2.45) is 5.73 Å². The van der Waals surface area contributed by atoms with Crippen molar-refractivity contribution in [2.75, 3.05) is 0 Å². The van der Waals surface area contributed by atoms with Gasteiger partial charge in [-0.2, -0.15) is 0 Å². The lowest BCUT2D eigenvalue weighted by Gasteiger charge is -2.08. The van der Waals surface area contributed by atoms with Crippen LogP contribution < -0.4 is 10.5 Å². The van der Waals surface area contributed by atoms with Crippen LogP contribution in [-0.2, 0) is 23.1 Å². The van der Waals surface area contributed by atoms with Crippen molar-refractivity contribution >= 4 is 21.6 Å². The Morgan fingerprint density at radius 1 is 1.30 bits per heavy atom. The number of rotatable bonds is 5. The van der Waals surface area contributed by atoms with Crippen molar-refractivity contribution < 1.29 is 12.8 Å². The van der Waals surface area contributed by atoms with E-state index in [4.69, 9.17) is 21.8 Å². The number of aryl methyl sites for hydroxylation is 1. The fourth-order valence-corrected chi connectivity index (χ4v) is 3.27. The topological polar surface area (TPSA) is 85.3 Å². The molecule has 1 heterocycles. The molecule has 0 fully saturated rings. The van der Waals surface area contributed by atoms with Crippen LogP contribution in [0.3, 0.4) is 0 Å². The number of hydrogen-bond donors (Lipinski definition) is 2. The molecule has 1 aromatic heterocycles. The highest BCUT2D eigenvalue weighted by molar-refractivity contribution is 7.89. The standard InChI is InChI=1S/C13H15ClN2O3S/c1-9-2-4-11(19-9)8-16-20(17,18)13-5-3-10(7-15)6-12(13)14/h2-6,16H,7-8,15H2,1H3. The van der Waals surface area contributed by atoms with Crippen molar-refractivity contribution in [1.29, 1.82) is 0 Å². The lowest BCUT2D eigenvalue weighted by molar-refractivity contribution is 0.475. The van der Waals surface area contributed by atoms with Gasteiger partial charge in [-0.3, -0.25) is 0 Å². The third-order valence-corrected chi connectivity index (χ3v) is 4.64. The molecule has 0 bridgehead atoms. The van der Waals surface area contributed by atoms with Gasteiger partial charge in [0.05, 0.1) is 11.6 Å². The Morgan fingerprint density at radius 3 is 2.60 bits per heavy atom. The molecule has 0 unspecified atom stereocenters. The van der Waals surface area contributed by atoms with Gasteiger partial charge < -0.3 is 10.2 Å². The summed E-state index contributed by atoms with van der Waals surface area (Å²) >= 11 is 5.98. The van der Waals surface area contributed by atoms with E-state index in [1.165, 1.54) is 6.07 Å². The monoisotopic (exact) mass is 314 g/mol. The van der Waals surface area contributed by atoms with Gasteiger partial charge in [0.25, 0.3) is 0 Å². The number of nitrogens with one attached hydrogen (secondary N) is 1. The molecule has 5 nitrogen and oxygen atoms in total. The molecule has 3 N–H and O–H groups in total. The van der Waals surface area contributed by atoms with Gasteiger partial charge in [0.2, 0.25) is 10.0 Å². The van der Waals surface area contributed by atoms with E-state index < -0.39 is 10.0 Å². The van der Waals surface area contributed by atoms with E-state index >= 15 is 0 Å². The fraction of sp³-hybridized carbons (Fsp3) is 0.231. The molecule has 0 atom stereocenters. The number of nitrogens with two attached hydrogens (primary N) is 1. The molecule has 1 aromatic carbocycles. The molecular weight excluding hydrogens is 300 g/mol. The van der Waals surface area contributed by atoms with Gasteiger partial charge in [-0.1, -0.05) is 17.7 Å². The summed E-state index contributed by atoms with van der Waals surface area (Å²) < 4.78 is 32.1. The Labute approximate surface area is 122 Å². The summed E-state index contributed by atoms with van der Waals surface area (Å²) in [5, 5.41) is 0.149. The molecular formula is C13H15ClN2O3S. The van der Waals surface area contributed by atoms with Crippen molar-refractivity contribution in [3.63, 3.8) is 0 Å². The second-order valence-electron chi connectivity index (χ2n) is 4.31. The first-order valence-electron chi connectivity index (χ1n) is 5.96. The van der Waals surface area contributed by atoms with E-state index in [2.05, 4.69) is 4.72 Å². The summed E-state index contributed by atoms with van der Waals surface area (Å²) in [4.78, 5) is 0.0274. The van der Waals surface area contributed by atoms with Crippen LogP contribution in [0, 0.1) is 6.92 Å². The summed E-state index contributed by atoms with van der Waals surface area (Å²) in [5.74, 6) is 1.27. The SMILES string of the molecule is Cc1ccc(CNS(=O)(=O)c2ccc(CN)cc2Cl)o1. The van der Waals surface area contributed by atoms with Crippen LogP contribution in [-0.4, -0.2) is 8.42 Å². The molecule has 0 spiro atoms. The predicted octanol–water partition coefficient (Wildman–Crippen LogP) is 2.18. The predicted molar refractivity (Wildman–Crippen MR) is 76.8 cm³/mol. The number of furan rings is 1. The number of benzene rings is 1. The van der Waals surface area contributed by atoms with Crippen molar-refractivity contribution in [2.45, 2.75) is 24.9 Å². The van der Waals surface area contributed by atoms with E-state index in [9.17, 15) is 8.42 Å². The first-order valence-corrected chi connectivity index (χ1v) is 7.82. The smallest absolute Gasteiger partial charge is 0.242 e. The summed E-state index contributed by atoms with van der Waals surface area (Å²) in [6, 6.07) is 8.12. The second-order valence-corrected chi connectivity index (χ2v) is 6.45. The van der Waals surface area contributed by atoms with Crippen LogP contribution in [0.5, 0.6) is 0 Å². The van der Waals surface area contributed by atoms with E-state index in [-0.39, 0.29) is 16.5 Å². The third kappa shape index (κ3) is 3.40. The van der Waals surface area contributed by atoms with Crippen LogP contribution in [0.1, 0.15) is 17.1 Å². The third-order valence-electron chi connectivity index (χ3n) is 2.75. The molecule has 2 rings (SSSR count). The zero-order valence-electron chi connectivity index (χ0n) is 10.9. The Morgan fingerprint density at radius 2 is 2.05 bits per heavy atom. The van der Waals surface area contributed by atoms with Gasteiger partial charge in [0.15, 0.2) is 0 Å². The largest absolute Gasteiger partial charge is 0.465 e. The normalized spacial score (nSPS) is 11.8. The number of sulfonamides is 1. The zero-order chi connectivity index (χ0) is 14.8. The maximum absolute atomic E-state index is 12.2. The van der Waals surface area contributed by atoms with Crippen LogP contribution in [0.4, 0.5) is 0 Å². The van der Waals surface area contributed by atoms with Crippen molar-refractivity contribution in [3.05, 3.63) is 52.4 Å². The molecule has 7 heteroatoms. The lowest BCUT2D eigenvalue weighted by atomic mass is 10.2. The summed E-state index contributed by atoms with van der Waals surface area (Å²) in [6.07, 6.45) is 0. The van der Waals surface area contributed by atoms with Gasteiger partial charge >= 0.3 is 0 Å². The van der Waals surface area contributed by atoms with Gasteiger partial charge in [-0.15, -0.1) is 0 Å². The first kappa shape index (κ1) is 15.1. The highest BCUT2D eigenvalue weighted by Crippen LogP contribution is 2.22. The molecule has 0 aliphatic rings. The highest BCUT2D eigenvalue weighted by atomic mass is 35.5. The fourth-order valence-electron chi connectivity index (χ4n) is 1.71.